The van der Waals surface area contributed by atoms with Gasteiger partial charge in [-0.25, -0.2) is 4.98 Å². The standard InChI is InChI=1S/C30H26N2O5/c1-36-28-17-20(7-9-26(28)34)23-16-24(19-5-3-2-4-6-19)31-29(18-23)32-30(35)12-10-25(33)21-8-11-27-22(15-21)13-14-37-27/h2-9,11,15-18,34H,10,12-14H2,1H3,(H,31,32,35). The Morgan fingerprint density at radius 2 is 1.78 bits per heavy atom. The van der Waals surface area contributed by atoms with Crippen LogP contribution in [0.25, 0.3) is 22.4 Å². The van der Waals surface area contributed by atoms with Gasteiger partial charge in [0.1, 0.15) is 11.6 Å². The molecule has 0 atom stereocenters. The third-order valence-corrected chi connectivity index (χ3v) is 6.27. The number of aromatic nitrogens is 1. The van der Waals surface area contributed by atoms with E-state index in [1.165, 1.54) is 7.11 Å². The number of hydrogen-bond donors (Lipinski definition) is 2. The van der Waals surface area contributed by atoms with Crippen molar-refractivity contribution in [2.24, 2.45) is 0 Å². The highest BCUT2D eigenvalue weighted by molar-refractivity contribution is 6.00. The number of carbonyl (C=O) groups excluding carboxylic acids is 2. The zero-order chi connectivity index (χ0) is 25.8. The summed E-state index contributed by atoms with van der Waals surface area (Å²) in [7, 11) is 1.49. The molecule has 7 heteroatoms. The van der Waals surface area contributed by atoms with Gasteiger partial charge in [0, 0.05) is 30.4 Å². The summed E-state index contributed by atoms with van der Waals surface area (Å²) >= 11 is 0. The fourth-order valence-corrected chi connectivity index (χ4v) is 4.31. The Balaban J connectivity index is 1.35. The van der Waals surface area contributed by atoms with Gasteiger partial charge >= 0.3 is 0 Å². The lowest BCUT2D eigenvalue weighted by Crippen LogP contribution is -2.14. The van der Waals surface area contributed by atoms with E-state index in [1.807, 2.05) is 48.5 Å². The minimum atomic E-state index is -0.301. The molecular formula is C30H26N2O5. The van der Waals surface area contributed by atoms with Crippen molar-refractivity contribution >= 4 is 17.5 Å². The first-order valence-corrected chi connectivity index (χ1v) is 12.0. The van der Waals surface area contributed by atoms with Crippen LogP contribution in [0.4, 0.5) is 5.82 Å². The topological polar surface area (TPSA) is 97.8 Å². The monoisotopic (exact) mass is 494 g/mol. The van der Waals surface area contributed by atoms with Gasteiger partial charge in [-0.1, -0.05) is 36.4 Å². The number of Topliss-reactive ketones (excluding diaryl/α,β-unsaturated/α-hetero) is 1. The molecule has 0 unspecified atom stereocenters. The Hall–Kier alpha value is -4.65. The van der Waals surface area contributed by atoms with E-state index in [0.717, 1.165) is 34.4 Å². The molecule has 1 aliphatic heterocycles. The third kappa shape index (κ3) is 5.46. The minimum absolute atomic E-state index is 0.0338. The number of nitrogens with zero attached hydrogens (tertiary/aromatic N) is 1. The lowest BCUT2D eigenvalue weighted by Gasteiger charge is -2.12. The minimum Gasteiger partial charge on any atom is -0.504 e. The molecule has 0 saturated heterocycles. The van der Waals surface area contributed by atoms with Crippen molar-refractivity contribution in [3.63, 3.8) is 0 Å². The number of ether oxygens (including phenoxy) is 2. The van der Waals surface area contributed by atoms with Gasteiger partial charge in [-0.05, 0) is 59.2 Å². The lowest BCUT2D eigenvalue weighted by molar-refractivity contribution is -0.116. The first-order chi connectivity index (χ1) is 18.0. The van der Waals surface area contributed by atoms with E-state index in [0.29, 0.717) is 29.4 Å². The summed E-state index contributed by atoms with van der Waals surface area (Å²) in [5, 5.41) is 12.8. The van der Waals surface area contributed by atoms with Crippen LogP contribution < -0.4 is 14.8 Å². The Morgan fingerprint density at radius 1 is 0.946 bits per heavy atom. The Labute approximate surface area is 214 Å². The molecule has 0 radical (unpaired) electrons. The van der Waals surface area contributed by atoms with Crippen molar-refractivity contribution in [2.45, 2.75) is 19.3 Å². The van der Waals surface area contributed by atoms with Gasteiger partial charge < -0.3 is 19.9 Å². The number of benzene rings is 3. The van der Waals surface area contributed by atoms with Gasteiger partial charge in [-0.15, -0.1) is 0 Å². The number of amides is 1. The second-order valence-electron chi connectivity index (χ2n) is 8.77. The van der Waals surface area contributed by atoms with Gasteiger partial charge in [0.2, 0.25) is 5.91 Å². The Kier molecular flexibility index (Phi) is 6.85. The number of hydrogen-bond acceptors (Lipinski definition) is 6. The second kappa shape index (κ2) is 10.5. The molecule has 4 aromatic rings. The van der Waals surface area contributed by atoms with Crippen LogP contribution in [-0.2, 0) is 11.2 Å². The van der Waals surface area contributed by atoms with Crippen LogP contribution in [0.5, 0.6) is 17.2 Å². The number of ketones is 1. The number of phenols is 1. The summed E-state index contributed by atoms with van der Waals surface area (Å²) in [6.45, 7) is 0.628. The molecule has 5 rings (SSSR count). The van der Waals surface area contributed by atoms with E-state index < -0.39 is 0 Å². The van der Waals surface area contributed by atoms with Crippen molar-refractivity contribution < 1.29 is 24.2 Å². The summed E-state index contributed by atoms with van der Waals surface area (Å²) in [6, 6.07) is 23.8. The smallest absolute Gasteiger partial charge is 0.225 e. The normalized spacial score (nSPS) is 11.9. The molecule has 37 heavy (non-hydrogen) atoms. The van der Waals surface area contributed by atoms with E-state index >= 15 is 0 Å². The number of carbonyl (C=O) groups is 2. The number of aromatic hydroxyl groups is 1. The van der Waals surface area contributed by atoms with Gasteiger partial charge in [0.05, 0.1) is 19.4 Å². The van der Waals surface area contributed by atoms with Crippen molar-refractivity contribution in [3.8, 4) is 39.6 Å². The van der Waals surface area contributed by atoms with E-state index in [9.17, 15) is 14.7 Å². The zero-order valence-electron chi connectivity index (χ0n) is 20.4. The molecule has 3 aromatic carbocycles. The van der Waals surface area contributed by atoms with Crippen molar-refractivity contribution in [2.75, 3.05) is 19.0 Å². The quantitative estimate of drug-likeness (QED) is 0.307. The van der Waals surface area contributed by atoms with Gasteiger partial charge in [-0.3, -0.25) is 9.59 Å². The predicted molar refractivity (Wildman–Crippen MR) is 141 cm³/mol. The first-order valence-electron chi connectivity index (χ1n) is 12.0. The van der Waals surface area contributed by atoms with E-state index in [4.69, 9.17) is 9.47 Å². The highest BCUT2D eigenvalue weighted by Crippen LogP contribution is 2.34. The lowest BCUT2D eigenvalue weighted by atomic mass is 10.0. The van der Waals surface area contributed by atoms with Crippen LogP contribution >= 0.6 is 0 Å². The molecular weight excluding hydrogens is 468 g/mol. The number of rotatable bonds is 8. The fraction of sp³-hybridized carbons (Fsp3) is 0.167. The van der Waals surface area contributed by atoms with E-state index in [1.54, 1.807) is 30.3 Å². The molecule has 2 N–H and O–H groups in total. The van der Waals surface area contributed by atoms with Gasteiger partial charge in [0.15, 0.2) is 17.3 Å². The molecule has 1 amide bonds. The van der Waals surface area contributed by atoms with Crippen LogP contribution in [0.1, 0.15) is 28.8 Å². The summed E-state index contributed by atoms with van der Waals surface area (Å²) < 4.78 is 10.8. The van der Waals surface area contributed by atoms with Crippen molar-refractivity contribution in [3.05, 3.63) is 90.0 Å². The fourth-order valence-electron chi connectivity index (χ4n) is 4.31. The highest BCUT2D eigenvalue weighted by atomic mass is 16.5. The highest BCUT2D eigenvalue weighted by Gasteiger charge is 2.17. The largest absolute Gasteiger partial charge is 0.504 e. The molecule has 7 nitrogen and oxygen atoms in total. The average Bonchev–Trinajstić information content (AvgIpc) is 3.40. The van der Waals surface area contributed by atoms with Crippen LogP contribution in [-0.4, -0.2) is 35.5 Å². The van der Waals surface area contributed by atoms with Crippen LogP contribution in [0.15, 0.2) is 78.9 Å². The SMILES string of the molecule is COc1cc(-c2cc(NC(=O)CCC(=O)c3ccc4c(c3)CCO4)nc(-c3ccccc3)c2)ccc1O. The third-order valence-electron chi connectivity index (χ3n) is 6.27. The van der Waals surface area contributed by atoms with Gasteiger partial charge in [-0.2, -0.15) is 0 Å². The van der Waals surface area contributed by atoms with Gasteiger partial charge in [0.25, 0.3) is 0 Å². The van der Waals surface area contributed by atoms with E-state index in [-0.39, 0.29) is 30.3 Å². The maximum Gasteiger partial charge on any atom is 0.225 e. The first kappa shape index (κ1) is 24.1. The summed E-state index contributed by atoms with van der Waals surface area (Å²) in [6.07, 6.45) is 0.910. The number of phenolic OH excluding ortho intramolecular Hbond substituents is 1. The molecule has 1 aromatic heterocycles. The van der Waals surface area contributed by atoms with Crippen molar-refractivity contribution in [1.29, 1.82) is 0 Å². The number of fused-ring (bicyclic) bond motifs is 1. The maximum atomic E-state index is 12.8. The molecule has 0 fully saturated rings. The molecule has 186 valence electrons. The summed E-state index contributed by atoms with van der Waals surface area (Å²) in [5.41, 5.74) is 4.76. The Morgan fingerprint density at radius 3 is 2.59 bits per heavy atom. The molecule has 0 saturated carbocycles. The molecule has 0 spiro atoms. The van der Waals surface area contributed by atoms with Crippen LogP contribution in [0.3, 0.4) is 0 Å². The Bertz CT molecular complexity index is 1470. The summed E-state index contributed by atoms with van der Waals surface area (Å²) in [5.74, 6) is 1.18. The number of nitrogens with one attached hydrogen (secondary N) is 1. The van der Waals surface area contributed by atoms with E-state index in [2.05, 4.69) is 10.3 Å². The molecule has 2 heterocycles. The van der Waals surface area contributed by atoms with Crippen LogP contribution in [0.2, 0.25) is 0 Å². The number of pyridine rings is 1. The van der Waals surface area contributed by atoms with Crippen LogP contribution in [0, 0.1) is 0 Å². The van der Waals surface area contributed by atoms with Crippen molar-refractivity contribution in [1.82, 2.24) is 4.98 Å². The maximum absolute atomic E-state index is 12.8. The molecule has 1 aliphatic rings. The molecule has 0 aliphatic carbocycles. The number of methoxy groups -OCH3 is 1. The molecule has 0 bridgehead atoms. The predicted octanol–water partition coefficient (Wildman–Crippen LogP) is 5.67. The average molecular weight is 495 g/mol. The second-order valence-corrected chi connectivity index (χ2v) is 8.77. The number of anilines is 1. The summed E-state index contributed by atoms with van der Waals surface area (Å²) in [4.78, 5) is 30.1. The zero-order valence-corrected chi connectivity index (χ0v) is 20.4.